The Kier molecular flexibility index (Phi) is 9.24. The van der Waals surface area contributed by atoms with Gasteiger partial charge in [0.2, 0.25) is 0 Å². The van der Waals surface area contributed by atoms with Crippen molar-refractivity contribution in [2.24, 2.45) is 0 Å². The van der Waals surface area contributed by atoms with Gasteiger partial charge in [-0.25, -0.2) is 0 Å². The highest BCUT2D eigenvalue weighted by molar-refractivity contribution is 7.95. The van der Waals surface area contributed by atoms with Crippen molar-refractivity contribution in [3.63, 3.8) is 0 Å². The predicted octanol–water partition coefficient (Wildman–Crippen LogP) is 3.89. The van der Waals surface area contributed by atoms with Crippen molar-refractivity contribution >= 4 is 29.3 Å². The lowest BCUT2D eigenvalue weighted by Crippen LogP contribution is -3.00. The highest BCUT2D eigenvalue weighted by Gasteiger charge is 2.45. The van der Waals surface area contributed by atoms with Crippen LogP contribution in [0.15, 0.2) is 121 Å². The van der Waals surface area contributed by atoms with Gasteiger partial charge in [-0.2, -0.15) is 5.26 Å². The Morgan fingerprint density at radius 3 is 1.71 bits per heavy atom. The van der Waals surface area contributed by atoms with Crippen molar-refractivity contribution in [2.45, 2.75) is 25.9 Å². The van der Waals surface area contributed by atoms with Crippen LogP contribution < -0.4 is 28.3 Å². The molecular weight excluding hydrogens is 453 g/mol. The molecule has 0 spiro atoms. The van der Waals surface area contributed by atoms with Crippen molar-refractivity contribution in [1.82, 2.24) is 0 Å². The maximum absolute atomic E-state index is 8.90. The van der Waals surface area contributed by atoms with E-state index in [1.54, 1.807) is 0 Å². The molecule has 170 valence electrons. The number of rotatable bonds is 8. The summed E-state index contributed by atoms with van der Waals surface area (Å²) in [6, 6.07) is 44.2. The van der Waals surface area contributed by atoms with E-state index in [2.05, 4.69) is 134 Å². The molecular formula is C31H29ClNP. The molecule has 0 unspecified atom stereocenters. The van der Waals surface area contributed by atoms with E-state index in [1.165, 1.54) is 32.6 Å². The van der Waals surface area contributed by atoms with Crippen LogP contribution in [0.4, 0.5) is 0 Å². The summed E-state index contributed by atoms with van der Waals surface area (Å²) >= 11 is 0. The Bertz CT molecular complexity index is 1150. The fraction of sp³-hybridized carbons (Fsp3) is 0.129. The summed E-state index contributed by atoms with van der Waals surface area (Å²) in [5, 5.41) is 13.1. The van der Waals surface area contributed by atoms with Gasteiger partial charge < -0.3 is 12.4 Å². The maximum Gasteiger partial charge on any atom is 0.116 e. The monoisotopic (exact) mass is 481 g/mol. The smallest absolute Gasteiger partial charge is 0.116 e. The van der Waals surface area contributed by atoms with Crippen molar-refractivity contribution in [3.8, 4) is 6.07 Å². The first-order valence-electron chi connectivity index (χ1n) is 11.4. The van der Waals surface area contributed by atoms with E-state index in [0.29, 0.717) is 6.42 Å². The number of nitrogens with zero attached hydrogens (tertiary/aromatic N) is 1. The Balaban J connectivity index is 0.00000324. The zero-order valence-electron chi connectivity index (χ0n) is 19.4. The summed E-state index contributed by atoms with van der Waals surface area (Å²) in [4.78, 5) is 0. The molecule has 0 heterocycles. The summed E-state index contributed by atoms with van der Waals surface area (Å²) in [5.74, 6) is 0. The second-order valence-corrected chi connectivity index (χ2v) is 11.9. The molecule has 0 N–H and O–H groups in total. The van der Waals surface area contributed by atoms with Gasteiger partial charge in [0, 0.05) is 6.42 Å². The molecule has 0 bridgehead atoms. The lowest BCUT2D eigenvalue weighted by Gasteiger charge is -2.28. The van der Waals surface area contributed by atoms with Crippen LogP contribution in [-0.2, 0) is 6.16 Å². The summed E-state index contributed by atoms with van der Waals surface area (Å²) in [5.41, 5.74) is 3.78. The average Bonchev–Trinajstić information content (AvgIpc) is 2.88. The van der Waals surface area contributed by atoms with Crippen molar-refractivity contribution in [1.29, 1.82) is 5.26 Å². The third kappa shape index (κ3) is 5.84. The zero-order valence-corrected chi connectivity index (χ0v) is 21.1. The van der Waals surface area contributed by atoms with Crippen LogP contribution in [0.3, 0.4) is 0 Å². The summed E-state index contributed by atoms with van der Waals surface area (Å²) in [6.45, 7) is 2.11. The first kappa shape index (κ1) is 25.5. The molecule has 4 aromatic rings. The van der Waals surface area contributed by atoms with E-state index in [4.69, 9.17) is 5.26 Å². The highest BCUT2D eigenvalue weighted by atomic mass is 35.5. The Morgan fingerprint density at radius 2 is 1.24 bits per heavy atom. The summed E-state index contributed by atoms with van der Waals surface area (Å²) < 4.78 is 0. The molecule has 1 nitrogen and oxygen atoms in total. The summed E-state index contributed by atoms with van der Waals surface area (Å²) in [7, 11) is -1.91. The van der Waals surface area contributed by atoms with Crippen LogP contribution in [-0.4, -0.2) is 0 Å². The zero-order chi connectivity index (χ0) is 22.9. The van der Waals surface area contributed by atoms with Gasteiger partial charge in [0.05, 0.1) is 12.2 Å². The minimum Gasteiger partial charge on any atom is -1.00 e. The molecule has 3 heteroatoms. The van der Waals surface area contributed by atoms with Gasteiger partial charge in [-0.05, 0) is 66.9 Å². The second kappa shape index (κ2) is 12.3. The number of hydrogen-bond donors (Lipinski definition) is 0. The van der Waals surface area contributed by atoms with Crippen molar-refractivity contribution in [2.75, 3.05) is 0 Å². The number of allylic oxidation sites excluding steroid dienone is 1. The minimum absolute atomic E-state index is 0. The molecule has 0 saturated carbocycles. The topological polar surface area (TPSA) is 23.8 Å². The van der Waals surface area contributed by atoms with Crippen molar-refractivity contribution in [3.05, 3.63) is 132 Å². The van der Waals surface area contributed by atoms with Crippen LogP contribution in [0.1, 0.15) is 30.9 Å². The summed E-state index contributed by atoms with van der Waals surface area (Å²) in [6.07, 6.45) is 4.56. The highest BCUT2D eigenvalue weighted by Crippen LogP contribution is 2.58. The molecule has 4 rings (SSSR count). The second-order valence-electron chi connectivity index (χ2n) is 8.37. The quantitative estimate of drug-likeness (QED) is 0.350. The average molecular weight is 482 g/mol. The lowest BCUT2D eigenvalue weighted by molar-refractivity contribution is -0.00000677. The number of hydrogen-bond acceptors (Lipinski definition) is 1. The molecule has 0 amide bonds. The fourth-order valence-corrected chi connectivity index (χ4v) is 8.66. The Labute approximate surface area is 210 Å². The molecule has 0 atom stereocenters. The van der Waals surface area contributed by atoms with Crippen LogP contribution >= 0.6 is 7.26 Å². The van der Waals surface area contributed by atoms with E-state index in [0.717, 1.165) is 12.6 Å². The van der Waals surface area contributed by atoms with Crippen molar-refractivity contribution < 1.29 is 12.4 Å². The third-order valence-electron chi connectivity index (χ3n) is 6.01. The molecule has 0 fully saturated rings. The first-order chi connectivity index (χ1) is 16.2. The Hall–Kier alpha value is -3.17. The van der Waals surface area contributed by atoms with Gasteiger partial charge in [-0.15, -0.1) is 0 Å². The first-order valence-corrected chi connectivity index (χ1v) is 13.4. The van der Waals surface area contributed by atoms with Crippen LogP contribution in [0.5, 0.6) is 0 Å². The van der Waals surface area contributed by atoms with E-state index in [9.17, 15) is 0 Å². The molecule has 0 radical (unpaired) electrons. The molecule has 4 aromatic carbocycles. The van der Waals surface area contributed by atoms with Crippen LogP contribution in [0, 0.1) is 11.3 Å². The molecule has 0 aliphatic rings. The van der Waals surface area contributed by atoms with Gasteiger partial charge in [-0.1, -0.05) is 84.4 Å². The number of benzene rings is 4. The molecule has 0 aliphatic heterocycles. The predicted molar refractivity (Wildman–Crippen MR) is 144 cm³/mol. The molecule has 0 aliphatic carbocycles. The number of halogens is 1. The van der Waals surface area contributed by atoms with Crippen LogP contribution in [0.2, 0.25) is 0 Å². The fourth-order valence-electron chi connectivity index (χ4n) is 4.43. The standard InChI is InChI=1S/C31H29NP.ClH/c1-26(13-12-22-32)23-27-14-11-15-28(24-27)25-33(29-16-5-2-6-17-29,30-18-7-3-8-19-30)31-20-9-4-10-21-31;/h2-11,14-21,23-24H,12-13,25H2,1H3;1H/q+1;/p-1. The van der Waals surface area contributed by atoms with E-state index in [-0.39, 0.29) is 12.4 Å². The van der Waals surface area contributed by atoms with Gasteiger partial charge in [0.15, 0.2) is 0 Å². The van der Waals surface area contributed by atoms with Crippen LogP contribution in [0.25, 0.3) is 6.08 Å². The molecule has 34 heavy (non-hydrogen) atoms. The molecule has 0 aromatic heterocycles. The molecule has 0 saturated heterocycles. The normalized spacial score (nSPS) is 11.4. The van der Waals surface area contributed by atoms with Gasteiger partial charge >= 0.3 is 0 Å². The van der Waals surface area contributed by atoms with E-state index >= 15 is 0 Å². The van der Waals surface area contributed by atoms with E-state index < -0.39 is 7.26 Å². The lowest BCUT2D eigenvalue weighted by atomic mass is 10.1. The van der Waals surface area contributed by atoms with E-state index in [1.807, 2.05) is 0 Å². The van der Waals surface area contributed by atoms with Gasteiger partial charge in [0.25, 0.3) is 0 Å². The van der Waals surface area contributed by atoms with Gasteiger partial charge in [-0.3, -0.25) is 0 Å². The van der Waals surface area contributed by atoms with Gasteiger partial charge in [0.1, 0.15) is 23.2 Å². The minimum atomic E-state index is -1.91. The third-order valence-corrected chi connectivity index (χ3v) is 10.4. The SMILES string of the molecule is CC(=Cc1cccc(C[P+](c2ccccc2)(c2ccccc2)c2ccccc2)c1)CCC#N.[Cl-]. The number of nitriles is 1. The Morgan fingerprint density at radius 1 is 0.735 bits per heavy atom. The largest absolute Gasteiger partial charge is 1.00 e. The maximum atomic E-state index is 8.90.